The Labute approximate surface area is 135 Å². The maximum absolute atomic E-state index is 11.6. The third kappa shape index (κ3) is 6.18. The smallest absolute Gasteiger partial charge is 0.338 e. The van der Waals surface area contributed by atoms with Gasteiger partial charge >= 0.3 is 11.9 Å². The van der Waals surface area contributed by atoms with Gasteiger partial charge < -0.3 is 9.47 Å². The van der Waals surface area contributed by atoms with Crippen molar-refractivity contribution in [3.8, 4) is 0 Å². The average molecular weight is 360 g/mol. The maximum Gasteiger partial charge on any atom is 0.338 e. The third-order valence-electron chi connectivity index (χ3n) is 2.04. The van der Waals surface area contributed by atoms with E-state index < -0.39 is 21.6 Å². The quantitative estimate of drug-likeness (QED) is 0.575. The zero-order valence-corrected chi connectivity index (χ0v) is 13.0. The maximum atomic E-state index is 11.6. The van der Waals surface area contributed by atoms with Crippen LogP contribution in [0.1, 0.15) is 20.7 Å². The molecule has 0 heterocycles. The summed E-state index contributed by atoms with van der Waals surface area (Å²) in [4.78, 5) is 21.5. The second kappa shape index (κ2) is 8.57. The topological polar surface area (TPSA) is 52.6 Å². The Morgan fingerprint density at radius 2 is 1.10 bits per heavy atom. The van der Waals surface area contributed by atoms with E-state index in [2.05, 4.69) is 0 Å². The molecule has 20 heavy (non-hydrogen) atoms. The summed E-state index contributed by atoms with van der Waals surface area (Å²) in [6.07, 6.45) is 0. The van der Waals surface area contributed by atoms with Gasteiger partial charge in [-0.25, -0.2) is 9.59 Å². The molecule has 0 radical (unpaired) electrons. The van der Waals surface area contributed by atoms with E-state index in [0.717, 1.165) is 0 Å². The molecule has 110 valence electrons. The van der Waals surface area contributed by atoms with Gasteiger partial charge in [0, 0.05) is 0 Å². The van der Waals surface area contributed by atoms with Crippen LogP contribution in [0.15, 0.2) is 24.3 Å². The Morgan fingerprint density at radius 3 is 1.35 bits per heavy atom. The van der Waals surface area contributed by atoms with Crippen LogP contribution in [0.3, 0.4) is 0 Å². The summed E-state index contributed by atoms with van der Waals surface area (Å²) in [6.45, 7) is -0.225. The van der Waals surface area contributed by atoms with Gasteiger partial charge in [0.1, 0.15) is 22.9 Å². The van der Waals surface area contributed by atoms with Gasteiger partial charge in [-0.15, -0.1) is 46.4 Å². The van der Waals surface area contributed by atoms with Gasteiger partial charge in [0.2, 0.25) is 0 Å². The van der Waals surface area contributed by atoms with Crippen molar-refractivity contribution in [3.05, 3.63) is 35.4 Å². The largest absolute Gasteiger partial charge is 0.459 e. The van der Waals surface area contributed by atoms with Gasteiger partial charge in [-0.1, -0.05) is 0 Å². The SMILES string of the molecule is O=C(OCC(Cl)Cl)c1ccc(C(=O)OCC(Cl)Cl)cc1. The lowest BCUT2D eigenvalue weighted by molar-refractivity contribution is 0.0506. The van der Waals surface area contributed by atoms with Crippen LogP contribution in [0.4, 0.5) is 0 Å². The molecule has 0 aromatic heterocycles. The Hall–Kier alpha value is -0.680. The van der Waals surface area contributed by atoms with E-state index in [1.54, 1.807) is 0 Å². The Bertz CT molecular complexity index is 416. The van der Waals surface area contributed by atoms with Crippen LogP contribution < -0.4 is 0 Å². The Kier molecular flexibility index (Phi) is 7.45. The lowest BCUT2D eigenvalue weighted by Gasteiger charge is -2.07. The fourth-order valence-electron chi connectivity index (χ4n) is 1.19. The van der Waals surface area contributed by atoms with E-state index in [1.807, 2.05) is 0 Å². The molecule has 0 aliphatic rings. The highest BCUT2D eigenvalue weighted by molar-refractivity contribution is 6.44. The summed E-state index contributed by atoms with van der Waals surface area (Å²) in [5, 5.41) is 0. The molecule has 0 amide bonds. The number of rotatable bonds is 6. The minimum absolute atomic E-state index is 0.113. The van der Waals surface area contributed by atoms with Crippen molar-refractivity contribution < 1.29 is 19.1 Å². The molecule has 0 saturated heterocycles. The van der Waals surface area contributed by atoms with Crippen LogP contribution in [-0.2, 0) is 9.47 Å². The van der Waals surface area contributed by atoms with Gasteiger partial charge in [-0.05, 0) is 24.3 Å². The van der Waals surface area contributed by atoms with Crippen molar-refractivity contribution in [3.63, 3.8) is 0 Å². The molecule has 0 aliphatic heterocycles. The highest BCUT2D eigenvalue weighted by Crippen LogP contribution is 2.10. The van der Waals surface area contributed by atoms with Crippen molar-refractivity contribution in [1.29, 1.82) is 0 Å². The predicted molar refractivity (Wildman–Crippen MR) is 78.0 cm³/mol. The van der Waals surface area contributed by atoms with E-state index in [-0.39, 0.29) is 24.3 Å². The molecular weight excluding hydrogens is 350 g/mol. The van der Waals surface area contributed by atoms with Crippen LogP contribution in [0, 0.1) is 0 Å². The normalized spacial score (nSPS) is 10.7. The minimum Gasteiger partial charge on any atom is -0.459 e. The lowest BCUT2D eigenvalue weighted by Crippen LogP contribution is -2.12. The van der Waals surface area contributed by atoms with Gasteiger partial charge in [0.15, 0.2) is 0 Å². The van der Waals surface area contributed by atoms with Gasteiger partial charge in [0.05, 0.1) is 11.1 Å². The first-order chi connectivity index (χ1) is 9.40. The highest BCUT2D eigenvalue weighted by Gasteiger charge is 2.13. The van der Waals surface area contributed by atoms with Crippen LogP contribution in [0.5, 0.6) is 0 Å². The summed E-state index contributed by atoms with van der Waals surface area (Å²) in [5.41, 5.74) is 0.534. The molecule has 1 aromatic rings. The van der Waals surface area contributed by atoms with E-state index >= 15 is 0 Å². The first kappa shape index (κ1) is 17.4. The number of alkyl halides is 4. The van der Waals surface area contributed by atoms with E-state index in [0.29, 0.717) is 0 Å². The molecule has 1 rings (SSSR count). The van der Waals surface area contributed by atoms with Gasteiger partial charge in [0.25, 0.3) is 0 Å². The standard InChI is InChI=1S/C12H10Cl4O4/c13-9(14)5-19-11(17)7-1-2-8(4-3-7)12(18)20-6-10(15)16/h1-4,9-10H,5-6H2. The van der Waals surface area contributed by atoms with Crippen LogP contribution in [-0.4, -0.2) is 34.8 Å². The fourth-order valence-corrected chi connectivity index (χ4v) is 1.44. The first-order valence-corrected chi connectivity index (χ1v) is 7.15. The lowest BCUT2D eigenvalue weighted by atomic mass is 10.1. The second-order valence-electron chi connectivity index (χ2n) is 3.56. The summed E-state index contributed by atoms with van der Waals surface area (Å²) in [6, 6.07) is 5.70. The number of ether oxygens (including phenoxy) is 2. The van der Waals surface area contributed by atoms with E-state index in [1.165, 1.54) is 24.3 Å². The second-order valence-corrected chi connectivity index (χ2v) is 6.11. The van der Waals surface area contributed by atoms with Gasteiger partial charge in [-0.3, -0.25) is 0 Å². The fraction of sp³-hybridized carbons (Fsp3) is 0.333. The first-order valence-electron chi connectivity index (χ1n) is 5.40. The van der Waals surface area contributed by atoms with E-state index in [4.69, 9.17) is 55.9 Å². The highest BCUT2D eigenvalue weighted by atomic mass is 35.5. The summed E-state index contributed by atoms with van der Waals surface area (Å²) >= 11 is 21.8. The molecule has 0 N–H and O–H groups in total. The number of benzene rings is 1. The van der Waals surface area contributed by atoms with Crippen LogP contribution >= 0.6 is 46.4 Å². The monoisotopic (exact) mass is 358 g/mol. The molecule has 0 fully saturated rings. The van der Waals surface area contributed by atoms with Crippen molar-refractivity contribution in [1.82, 2.24) is 0 Å². The zero-order chi connectivity index (χ0) is 15.1. The molecule has 0 atom stereocenters. The Balaban J connectivity index is 2.59. The molecule has 0 spiro atoms. The van der Waals surface area contributed by atoms with Crippen molar-refractivity contribution in [2.45, 2.75) is 9.67 Å². The molecule has 4 nitrogen and oxygen atoms in total. The molecule has 0 unspecified atom stereocenters. The van der Waals surface area contributed by atoms with Crippen molar-refractivity contribution >= 4 is 58.3 Å². The summed E-state index contributed by atoms with van der Waals surface area (Å²) in [7, 11) is 0. The zero-order valence-electron chi connectivity index (χ0n) is 10.0. The van der Waals surface area contributed by atoms with E-state index in [9.17, 15) is 9.59 Å². The predicted octanol–water partition coefficient (Wildman–Crippen LogP) is 3.61. The van der Waals surface area contributed by atoms with Crippen LogP contribution in [0.2, 0.25) is 0 Å². The summed E-state index contributed by atoms with van der Waals surface area (Å²) < 4.78 is 9.63. The molecule has 0 aliphatic carbocycles. The third-order valence-corrected chi connectivity index (χ3v) is 2.54. The number of carbonyl (C=O) groups excluding carboxylic acids is 2. The number of esters is 2. The van der Waals surface area contributed by atoms with Crippen LogP contribution in [0.25, 0.3) is 0 Å². The number of halogens is 4. The minimum atomic E-state index is -0.785. The van der Waals surface area contributed by atoms with Crippen molar-refractivity contribution in [2.24, 2.45) is 0 Å². The molecule has 0 bridgehead atoms. The number of carbonyl (C=O) groups is 2. The molecule has 1 aromatic carbocycles. The molecule has 8 heteroatoms. The van der Waals surface area contributed by atoms with Gasteiger partial charge in [-0.2, -0.15) is 0 Å². The summed E-state index contributed by atoms with van der Waals surface area (Å²) in [5.74, 6) is -1.17. The number of hydrogen-bond donors (Lipinski definition) is 0. The molecule has 0 saturated carbocycles. The van der Waals surface area contributed by atoms with Crippen molar-refractivity contribution in [2.75, 3.05) is 13.2 Å². The molecular formula is C12H10Cl4O4. The Morgan fingerprint density at radius 1 is 0.800 bits per heavy atom. The average Bonchev–Trinajstić information content (AvgIpc) is 2.42. The number of hydrogen-bond acceptors (Lipinski definition) is 4.